The molecule has 0 saturated carbocycles. The standard InChI is InChI=1S/C18H22N2O5S/c21-15-8-7-13(17(24)19-15)20-10-12-11(18(20)25)4-3-5-14(12)26-9-2-1-6-16(22)23/h3-5,13,15,21H,1-2,6-10H2,(H,19,24)(H,22,23)/t13?,15-/m1/s1. The van der Waals surface area contributed by atoms with Gasteiger partial charge >= 0.3 is 5.97 Å². The third-order valence-electron chi connectivity index (χ3n) is 4.70. The minimum Gasteiger partial charge on any atom is -0.481 e. The summed E-state index contributed by atoms with van der Waals surface area (Å²) in [6.45, 7) is 0.390. The van der Waals surface area contributed by atoms with E-state index in [4.69, 9.17) is 5.11 Å². The number of nitrogens with one attached hydrogen (secondary N) is 1. The Morgan fingerprint density at radius 3 is 2.81 bits per heavy atom. The quantitative estimate of drug-likeness (QED) is 0.491. The number of nitrogens with zero attached hydrogens (tertiary/aromatic N) is 1. The second-order valence-corrected chi connectivity index (χ2v) is 7.67. The van der Waals surface area contributed by atoms with Crippen LogP contribution in [0.1, 0.15) is 48.0 Å². The van der Waals surface area contributed by atoms with Crippen LogP contribution in [0.5, 0.6) is 0 Å². The van der Waals surface area contributed by atoms with E-state index in [-0.39, 0.29) is 18.2 Å². The molecule has 1 fully saturated rings. The van der Waals surface area contributed by atoms with Gasteiger partial charge in [-0.3, -0.25) is 14.4 Å². The number of carboxylic acid groups (broad SMARTS) is 1. The van der Waals surface area contributed by atoms with Crippen molar-refractivity contribution in [2.45, 2.75) is 55.8 Å². The number of unbranched alkanes of at least 4 members (excludes halogenated alkanes) is 1. The molecule has 2 amide bonds. The number of aliphatic hydroxyl groups excluding tert-OH is 1. The monoisotopic (exact) mass is 378 g/mol. The van der Waals surface area contributed by atoms with Crippen LogP contribution in [0.3, 0.4) is 0 Å². The lowest BCUT2D eigenvalue weighted by molar-refractivity contribution is -0.137. The van der Waals surface area contributed by atoms with Crippen molar-refractivity contribution in [1.29, 1.82) is 0 Å². The molecule has 2 aliphatic rings. The zero-order valence-corrected chi connectivity index (χ0v) is 15.1. The zero-order chi connectivity index (χ0) is 18.7. The summed E-state index contributed by atoms with van der Waals surface area (Å²) >= 11 is 1.62. The van der Waals surface area contributed by atoms with E-state index in [1.165, 1.54) is 0 Å². The fourth-order valence-electron chi connectivity index (χ4n) is 3.35. The van der Waals surface area contributed by atoms with Gasteiger partial charge in [0.25, 0.3) is 5.91 Å². The molecule has 1 aromatic carbocycles. The molecule has 1 aromatic rings. The number of hydrogen-bond acceptors (Lipinski definition) is 5. The van der Waals surface area contributed by atoms with E-state index in [1.54, 1.807) is 22.7 Å². The molecular formula is C18H22N2O5S. The molecule has 0 bridgehead atoms. The first kappa shape index (κ1) is 18.7. The highest BCUT2D eigenvalue weighted by atomic mass is 32.2. The Hall–Kier alpha value is -2.06. The lowest BCUT2D eigenvalue weighted by Crippen LogP contribution is -2.54. The number of hydrogen-bond donors (Lipinski definition) is 3. The number of thioether (sulfide) groups is 1. The SMILES string of the molecule is O=C(O)CCCCSc1cccc2c1CN(C1CC[C@@H](O)NC1=O)C2=O. The lowest BCUT2D eigenvalue weighted by Gasteiger charge is -2.32. The molecule has 2 aliphatic heterocycles. The minimum absolute atomic E-state index is 0.148. The van der Waals surface area contributed by atoms with Crippen molar-refractivity contribution in [3.05, 3.63) is 29.3 Å². The normalized spacial score (nSPS) is 22.3. The third-order valence-corrected chi connectivity index (χ3v) is 5.88. The molecule has 3 N–H and O–H groups in total. The zero-order valence-electron chi connectivity index (χ0n) is 14.3. The highest BCUT2D eigenvalue weighted by Crippen LogP contribution is 2.34. The molecule has 140 valence electrons. The van der Waals surface area contributed by atoms with Crippen molar-refractivity contribution in [2.75, 3.05) is 5.75 Å². The van der Waals surface area contributed by atoms with Gasteiger partial charge in [-0.25, -0.2) is 0 Å². The molecule has 0 aliphatic carbocycles. The summed E-state index contributed by atoms with van der Waals surface area (Å²) in [6.07, 6.45) is 1.64. The Labute approximate surface area is 155 Å². The number of aliphatic hydroxyl groups is 1. The van der Waals surface area contributed by atoms with Crippen molar-refractivity contribution in [1.82, 2.24) is 10.2 Å². The summed E-state index contributed by atoms with van der Waals surface area (Å²) in [7, 11) is 0. The summed E-state index contributed by atoms with van der Waals surface area (Å²) in [5.74, 6) is -0.459. The molecule has 2 heterocycles. The Morgan fingerprint density at radius 2 is 2.08 bits per heavy atom. The number of piperidine rings is 1. The first-order valence-corrected chi connectivity index (χ1v) is 9.72. The van der Waals surface area contributed by atoms with Crippen LogP contribution in [0.2, 0.25) is 0 Å². The second-order valence-electron chi connectivity index (χ2n) is 6.53. The number of amides is 2. The van der Waals surface area contributed by atoms with Crippen molar-refractivity contribution in [2.24, 2.45) is 0 Å². The van der Waals surface area contributed by atoms with Crippen molar-refractivity contribution >= 4 is 29.5 Å². The summed E-state index contributed by atoms with van der Waals surface area (Å²) in [4.78, 5) is 38.0. The molecule has 1 unspecified atom stereocenters. The van der Waals surface area contributed by atoms with Crippen LogP contribution in [0.25, 0.3) is 0 Å². The molecule has 7 nitrogen and oxygen atoms in total. The molecule has 0 aromatic heterocycles. The molecule has 0 radical (unpaired) electrons. The van der Waals surface area contributed by atoms with Gasteiger partial charge in [-0.15, -0.1) is 11.8 Å². The number of rotatable bonds is 7. The Morgan fingerprint density at radius 1 is 1.27 bits per heavy atom. The van der Waals surface area contributed by atoms with E-state index in [0.29, 0.717) is 31.4 Å². The molecule has 2 atom stereocenters. The van der Waals surface area contributed by atoms with Crippen LogP contribution in [0.15, 0.2) is 23.1 Å². The molecule has 1 saturated heterocycles. The van der Waals surface area contributed by atoms with Crippen LogP contribution < -0.4 is 5.32 Å². The van der Waals surface area contributed by atoms with Gasteiger partial charge in [0.2, 0.25) is 5.91 Å². The average Bonchev–Trinajstić information content (AvgIpc) is 2.92. The van der Waals surface area contributed by atoms with E-state index >= 15 is 0 Å². The van der Waals surface area contributed by atoms with E-state index < -0.39 is 18.2 Å². The number of carbonyl (C=O) groups excluding carboxylic acids is 2. The first-order valence-electron chi connectivity index (χ1n) is 8.73. The molecule has 8 heteroatoms. The maximum absolute atomic E-state index is 12.7. The predicted molar refractivity (Wildman–Crippen MR) is 95.7 cm³/mol. The van der Waals surface area contributed by atoms with E-state index in [9.17, 15) is 19.5 Å². The van der Waals surface area contributed by atoms with Crippen LogP contribution in [0.4, 0.5) is 0 Å². The van der Waals surface area contributed by atoms with Crippen molar-refractivity contribution in [3.63, 3.8) is 0 Å². The van der Waals surface area contributed by atoms with Gasteiger partial charge in [-0.1, -0.05) is 6.07 Å². The van der Waals surface area contributed by atoms with Crippen LogP contribution >= 0.6 is 11.8 Å². The Balaban J connectivity index is 1.66. The third kappa shape index (κ3) is 4.02. The van der Waals surface area contributed by atoms with Crippen molar-refractivity contribution in [3.8, 4) is 0 Å². The summed E-state index contributed by atoms with van der Waals surface area (Å²) < 4.78 is 0. The van der Waals surface area contributed by atoms with Gasteiger partial charge < -0.3 is 20.4 Å². The average molecular weight is 378 g/mol. The van der Waals surface area contributed by atoms with Crippen LogP contribution in [-0.2, 0) is 16.1 Å². The van der Waals surface area contributed by atoms with Gasteiger partial charge in [-0.2, -0.15) is 0 Å². The summed E-state index contributed by atoms with van der Waals surface area (Å²) in [5.41, 5.74) is 1.55. The topological polar surface area (TPSA) is 107 Å². The summed E-state index contributed by atoms with van der Waals surface area (Å²) in [5, 5.41) is 20.7. The number of carboxylic acids is 1. The summed E-state index contributed by atoms with van der Waals surface area (Å²) in [6, 6.07) is 5.03. The van der Waals surface area contributed by atoms with Gasteiger partial charge in [0.1, 0.15) is 12.3 Å². The highest BCUT2D eigenvalue weighted by molar-refractivity contribution is 7.99. The van der Waals surface area contributed by atoms with Gasteiger partial charge in [0.15, 0.2) is 0 Å². The maximum Gasteiger partial charge on any atom is 0.303 e. The highest BCUT2D eigenvalue weighted by Gasteiger charge is 2.39. The van der Waals surface area contributed by atoms with Gasteiger partial charge in [-0.05, 0) is 49.1 Å². The number of fused-ring (bicyclic) bond motifs is 1. The van der Waals surface area contributed by atoms with Gasteiger partial charge in [0.05, 0.1) is 0 Å². The van der Waals surface area contributed by atoms with Crippen LogP contribution in [-0.4, -0.2) is 50.9 Å². The molecular weight excluding hydrogens is 356 g/mol. The minimum atomic E-state index is -0.837. The fraction of sp³-hybridized carbons (Fsp3) is 0.500. The molecule has 0 spiro atoms. The van der Waals surface area contributed by atoms with E-state index in [1.807, 2.05) is 12.1 Å². The largest absolute Gasteiger partial charge is 0.481 e. The smallest absolute Gasteiger partial charge is 0.303 e. The molecule has 3 rings (SSSR count). The molecule has 26 heavy (non-hydrogen) atoms. The van der Waals surface area contributed by atoms with E-state index in [2.05, 4.69) is 5.32 Å². The number of aliphatic carboxylic acids is 1. The second kappa shape index (κ2) is 8.09. The Bertz CT molecular complexity index is 724. The number of carbonyl (C=O) groups is 3. The van der Waals surface area contributed by atoms with Gasteiger partial charge in [0, 0.05) is 23.4 Å². The Kier molecular flexibility index (Phi) is 5.83. The van der Waals surface area contributed by atoms with Crippen LogP contribution in [0, 0.1) is 0 Å². The maximum atomic E-state index is 12.7. The first-order chi connectivity index (χ1) is 12.5. The predicted octanol–water partition coefficient (Wildman–Crippen LogP) is 1.59. The fourth-order valence-corrected chi connectivity index (χ4v) is 4.44. The van der Waals surface area contributed by atoms with Crippen molar-refractivity contribution < 1.29 is 24.6 Å². The lowest BCUT2D eigenvalue weighted by atomic mass is 10.0. The van der Waals surface area contributed by atoms with E-state index in [0.717, 1.165) is 22.6 Å². The number of benzene rings is 1.